The third-order valence-electron chi connectivity index (χ3n) is 3.44. The van der Waals surface area contributed by atoms with Crippen LogP contribution in [0.4, 0.5) is 0 Å². The van der Waals surface area contributed by atoms with E-state index >= 15 is 0 Å². The maximum absolute atomic E-state index is 4.26. The molecular formula is C20H21N. The molecule has 1 heterocycles. The van der Waals surface area contributed by atoms with Gasteiger partial charge in [-0.3, -0.25) is 4.98 Å². The summed E-state index contributed by atoms with van der Waals surface area (Å²) in [6.45, 7) is 10.3. The molecule has 0 amide bonds. The lowest BCUT2D eigenvalue weighted by Gasteiger charge is -2.06. The Morgan fingerprint density at radius 2 is 1.90 bits per heavy atom. The van der Waals surface area contributed by atoms with E-state index in [4.69, 9.17) is 0 Å². The number of rotatable bonds is 4. The van der Waals surface area contributed by atoms with Crippen molar-refractivity contribution >= 4 is 5.57 Å². The lowest BCUT2D eigenvalue weighted by molar-refractivity contribution is 1.27. The highest BCUT2D eigenvalue weighted by molar-refractivity contribution is 5.76. The summed E-state index contributed by atoms with van der Waals surface area (Å²) < 4.78 is 0. The molecule has 1 aromatic carbocycles. The highest BCUT2D eigenvalue weighted by atomic mass is 14.6. The van der Waals surface area contributed by atoms with Gasteiger partial charge in [-0.25, -0.2) is 0 Å². The average Bonchev–Trinajstić information content (AvgIpc) is 2.52. The van der Waals surface area contributed by atoms with Gasteiger partial charge < -0.3 is 0 Å². The van der Waals surface area contributed by atoms with Crippen molar-refractivity contribution in [3.05, 3.63) is 84.2 Å². The van der Waals surface area contributed by atoms with E-state index in [1.165, 1.54) is 16.7 Å². The number of hydrogen-bond donors (Lipinski definition) is 0. The van der Waals surface area contributed by atoms with Gasteiger partial charge in [-0.1, -0.05) is 48.6 Å². The fourth-order valence-electron chi connectivity index (χ4n) is 2.04. The van der Waals surface area contributed by atoms with E-state index in [-0.39, 0.29) is 0 Å². The summed E-state index contributed by atoms with van der Waals surface area (Å²) in [6.07, 6.45) is 9.99. The molecule has 0 unspecified atom stereocenters. The summed E-state index contributed by atoms with van der Waals surface area (Å²) in [4.78, 5) is 4.26. The Labute approximate surface area is 127 Å². The van der Waals surface area contributed by atoms with Crippen LogP contribution in [0.1, 0.15) is 25.0 Å². The third kappa shape index (κ3) is 4.03. The minimum Gasteiger partial charge on any atom is -0.264 e. The molecule has 0 spiro atoms. The fraction of sp³-hybridized carbons (Fsp3) is 0.150. The van der Waals surface area contributed by atoms with Crippen LogP contribution < -0.4 is 0 Å². The fourth-order valence-corrected chi connectivity index (χ4v) is 2.04. The van der Waals surface area contributed by atoms with Crippen molar-refractivity contribution in [2.75, 3.05) is 0 Å². The van der Waals surface area contributed by atoms with Crippen molar-refractivity contribution in [3.8, 4) is 11.1 Å². The molecule has 0 fully saturated rings. The third-order valence-corrected chi connectivity index (χ3v) is 3.44. The molecule has 0 radical (unpaired) electrons. The number of aryl methyl sites for hydroxylation is 1. The number of nitrogens with zero attached hydrogens (tertiary/aromatic N) is 1. The van der Waals surface area contributed by atoms with Gasteiger partial charge in [0.15, 0.2) is 0 Å². The Bertz CT molecular complexity index is 705. The van der Waals surface area contributed by atoms with E-state index in [9.17, 15) is 0 Å². The highest BCUT2D eigenvalue weighted by Gasteiger charge is 2.01. The van der Waals surface area contributed by atoms with Crippen molar-refractivity contribution < 1.29 is 0 Å². The Hall–Kier alpha value is -2.41. The van der Waals surface area contributed by atoms with Crippen molar-refractivity contribution in [2.45, 2.75) is 20.8 Å². The molecule has 2 rings (SSSR count). The van der Waals surface area contributed by atoms with Gasteiger partial charge in [-0.15, -0.1) is 0 Å². The van der Waals surface area contributed by atoms with Crippen LogP contribution in [-0.4, -0.2) is 4.98 Å². The maximum atomic E-state index is 4.26. The normalized spacial score (nSPS) is 11.9. The van der Waals surface area contributed by atoms with E-state index in [1.807, 2.05) is 19.3 Å². The van der Waals surface area contributed by atoms with E-state index in [1.54, 1.807) is 0 Å². The molecule has 0 atom stereocenters. The van der Waals surface area contributed by atoms with E-state index in [0.717, 1.165) is 16.7 Å². The van der Waals surface area contributed by atoms with Crippen LogP contribution in [-0.2, 0) is 0 Å². The molecule has 0 aliphatic heterocycles. The molecular weight excluding hydrogens is 254 g/mol. The van der Waals surface area contributed by atoms with Gasteiger partial charge in [0, 0.05) is 18.0 Å². The Kier molecular flexibility index (Phi) is 4.89. The zero-order chi connectivity index (χ0) is 15.2. The van der Waals surface area contributed by atoms with Crippen molar-refractivity contribution in [1.29, 1.82) is 0 Å². The smallest absolute Gasteiger partial charge is 0.0346 e. The van der Waals surface area contributed by atoms with E-state index < -0.39 is 0 Å². The number of hydrogen-bond acceptors (Lipinski definition) is 1. The first kappa shape index (κ1) is 15.0. The zero-order valence-corrected chi connectivity index (χ0v) is 12.9. The van der Waals surface area contributed by atoms with Gasteiger partial charge in [-0.05, 0) is 55.2 Å². The topological polar surface area (TPSA) is 12.9 Å². The second-order valence-electron chi connectivity index (χ2n) is 5.22. The maximum Gasteiger partial charge on any atom is 0.0346 e. The molecule has 21 heavy (non-hydrogen) atoms. The minimum absolute atomic E-state index is 1.01. The van der Waals surface area contributed by atoms with Crippen LogP contribution in [0.2, 0.25) is 0 Å². The van der Waals surface area contributed by atoms with Crippen LogP contribution in [0.25, 0.3) is 16.7 Å². The summed E-state index contributed by atoms with van der Waals surface area (Å²) in [5.74, 6) is 0. The van der Waals surface area contributed by atoms with E-state index in [2.05, 4.69) is 74.0 Å². The Morgan fingerprint density at radius 3 is 2.62 bits per heavy atom. The van der Waals surface area contributed by atoms with Crippen LogP contribution in [0.5, 0.6) is 0 Å². The van der Waals surface area contributed by atoms with Gasteiger partial charge in [0.25, 0.3) is 0 Å². The molecule has 0 N–H and O–H groups in total. The van der Waals surface area contributed by atoms with Gasteiger partial charge in [-0.2, -0.15) is 0 Å². The summed E-state index contributed by atoms with van der Waals surface area (Å²) in [7, 11) is 0. The number of benzene rings is 1. The largest absolute Gasteiger partial charge is 0.264 e. The summed E-state index contributed by atoms with van der Waals surface area (Å²) in [6, 6.07) is 10.6. The quantitative estimate of drug-likeness (QED) is 0.662. The zero-order valence-electron chi connectivity index (χ0n) is 12.9. The van der Waals surface area contributed by atoms with Crippen molar-refractivity contribution in [3.63, 3.8) is 0 Å². The first-order chi connectivity index (χ1) is 10.1. The lowest BCUT2D eigenvalue weighted by Crippen LogP contribution is -1.85. The number of aromatic nitrogens is 1. The van der Waals surface area contributed by atoms with Crippen LogP contribution >= 0.6 is 0 Å². The average molecular weight is 275 g/mol. The first-order valence-electron chi connectivity index (χ1n) is 7.12. The molecule has 2 aromatic rings. The van der Waals surface area contributed by atoms with Gasteiger partial charge in [0.1, 0.15) is 0 Å². The summed E-state index contributed by atoms with van der Waals surface area (Å²) >= 11 is 0. The van der Waals surface area contributed by atoms with Crippen LogP contribution in [0.3, 0.4) is 0 Å². The Balaban J connectivity index is 2.30. The standard InChI is InChI=1S/C20H21N/c1-5-15(2)9-10-17(4)18-7-6-8-19(12-18)20-11-16(3)13-21-14-20/h5-14H,4H2,1-3H3/b10-9-,15-5-. The first-order valence-corrected chi connectivity index (χ1v) is 7.12. The molecule has 1 heteroatoms. The van der Waals surface area contributed by atoms with Gasteiger partial charge in [0.2, 0.25) is 0 Å². The van der Waals surface area contributed by atoms with Gasteiger partial charge in [0.05, 0.1) is 0 Å². The predicted molar refractivity (Wildman–Crippen MR) is 92.0 cm³/mol. The van der Waals surface area contributed by atoms with Crippen molar-refractivity contribution in [1.82, 2.24) is 4.98 Å². The SMILES string of the molecule is C=C(/C=C\C(C)=C/C)c1cccc(-c2cncc(C)c2)c1. The molecule has 0 aliphatic carbocycles. The molecule has 106 valence electrons. The van der Waals surface area contributed by atoms with E-state index in [0.29, 0.717) is 0 Å². The van der Waals surface area contributed by atoms with Crippen molar-refractivity contribution in [2.24, 2.45) is 0 Å². The molecule has 0 aliphatic rings. The minimum atomic E-state index is 1.01. The summed E-state index contributed by atoms with van der Waals surface area (Å²) in [5, 5.41) is 0. The number of pyridine rings is 1. The second kappa shape index (κ2) is 6.85. The molecule has 0 saturated carbocycles. The van der Waals surface area contributed by atoms with Crippen LogP contribution in [0.15, 0.2) is 73.1 Å². The monoisotopic (exact) mass is 275 g/mol. The second-order valence-corrected chi connectivity index (χ2v) is 5.22. The molecule has 0 bridgehead atoms. The molecule has 1 nitrogen and oxygen atoms in total. The lowest BCUT2D eigenvalue weighted by atomic mass is 9.99. The van der Waals surface area contributed by atoms with Gasteiger partial charge >= 0.3 is 0 Å². The predicted octanol–water partition coefficient (Wildman–Crippen LogP) is 5.59. The molecule has 0 saturated heterocycles. The summed E-state index contributed by atoms with van der Waals surface area (Å²) in [5.41, 5.74) is 6.85. The highest BCUT2D eigenvalue weighted by Crippen LogP contribution is 2.24. The molecule has 1 aromatic heterocycles. The Morgan fingerprint density at radius 1 is 1.10 bits per heavy atom. The van der Waals surface area contributed by atoms with Crippen LogP contribution in [0, 0.1) is 6.92 Å². The number of allylic oxidation sites excluding steroid dienone is 5.